The highest BCUT2D eigenvalue weighted by Gasteiger charge is 2.21. The van der Waals surface area contributed by atoms with E-state index in [-0.39, 0.29) is 22.8 Å². The van der Waals surface area contributed by atoms with E-state index in [9.17, 15) is 14.9 Å². The van der Waals surface area contributed by atoms with Gasteiger partial charge >= 0.3 is 0 Å². The van der Waals surface area contributed by atoms with Crippen LogP contribution in [-0.4, -0.2) is 37.5 Å². The van der Waals surface area contributed by atoms with Crippen molar-refractivity contribution >= 4 is 11.6 Å². The van der Waals surface area contributed by atoms with Gasteiger partial charge in [0.1, 0.15) is 18.3 Å². The summed E-state index contributed by atoms with van der Waals surface area (Å²) in [6, 6.07) is 13.1. The number of carbonyl (C=O) groups excluding carboxylic acids is 1. The van der Waals surface area contributed by atoms with Gasteiger partial charge in [0.15, 0.2) is 0 Å². The number of hydrogen-bond acceptors (Lipinski definition) is 6. The molecule has 3 aromatic rings. The fraction of sp³-hybridized carbons (Fsp3) is 0.111. The molecule has 3 rings (SSSR count). The summed E-state index contributed by atoms with van der Waals surface area (Å²) in [6.45, 7) is 0.309. The monoisotopic (exact) mass is 362 g/mol. The fourth-order valence-corrected chi connectivity index (χ4v) is 2.58. The molecule has 1 heterocycles. The molecule has 134 valence electrons. The van der Waals surface area contributed by atoms with Crippen molar-refractivity contribution in [3.63, 3.8) is 0 Å². The van der Waals surface area contributed by atoms with Gasteiger partial charge in [-0.15, -0.1) is 0 Å². The Morgan fingerprint density at radius 1 is 1.30 bits per heavy atom. The lowest BCUT2D eigenvalue weighted by Crippen LogP contribution is -2.26. The Hall–Kier alpha value is -4.06. The standard InChI is InChI=1S/C18H14N6O3/c1-22(10-14-4-2-13(9-19)3-5-14)18(25)15-6-7-16(17(8-15)24(26)27)23-12-20-11-21-23/h2-8,11-12H,10H2,1H3. The third-order valence-corrected chi connectivity index (χ3v) is 3.93. The second-order valence-corrected chi connectivity index (χ2v) is 5.77. The Balaban J connectivity index is 1.84. The van der Waals surface area contributed by atoms with Gasteiger partial charge in [-0.25, -0.2) is 9.67 Å². The van der Waals surface area contributed by atoms with E-state index < -0.39 is 4.92 Å². The molecule has 0 unspecified atom stereocenters. The second kappa shape index (κ2) is 7.45. The number of nitriles is 1. The van der Waals surface area contributed by atoms with Crippen molar-refractivity contribution in [2.75, 3.05) is 7.05 Å². The Labute approximate surface area is 154 Å². The SMILES string of the molecule is CN(Cc1ccc(C#N)cc1)C(=O)c1ccc(-n2cncn2)c([N+](=O)[O-])c1. The fourth-order valence-electron chi connectivity index (χ4n) is 2.58. The molecule has 0 spiro atoms. The molecule has 0 N–H and O–H groups in total. The minimum atomic E-state index is -0.561. The van der Waals surface area contributed by atoms with Crippen molar-refractivity contribution < 1.29 is 9.72 Å². The molecule has 0 aliphatic heterocycles. The summed E-state index contributed by atoms with van der Waals surface area (Å²) in [4.78, 5) is 28.7. The van der Waals surface area contributed by atoms with Crippen LogP contribution in [0.3, 0.4) is 0 Å². The van der Waals surface area contributed by atoms with Crippen molar-refractivity contribution in [1.82, 2.24) is 19.7 Å². The van der Waals surface area contributed by atoms with Crippen molar-refractivity contribution in [3.8, 4) is 11.8 Å². The van der Waals surface area contributed by atoms with Crippen molar-refractivity contribution in [1.29, 1.82) is 5.26 Å². The minimum Gasteiger partial charge on any atom is -0.337 e. The first-order valence-electron chi connectivity index (χ1n) is 7.87. The van der Waals surface area contributed by atoms with Crippen molar-refractivity contribution in [3.05, 3.63) is 81.9 Å². The first-order chi connectivity index (χ1) is 13.0. The summed E-state index contributed by atoms with van der Waals surface area (Å²) in [5, 5.41) is 24.1. The molecule has 9 heteroatoms. The van der Waals surface area contributed by atoms with E-state index in [1.54, 1.807) is 31.3 Å². The highest BCUT2D eigenvalue weighted by atomic mass is 16.6. The molecule has 2 aromatic carbocycles. The number of nitro benzene ring substituents is 1. The van der Waals surface area contributed by atoms with Crippen LogP contribution >= 0.6 is 0 Å². The summed E-state index contributed by atoms with van der Waals surface area (Å²) in [7, 11) is 1.61. The van der Waals surface area contributed by atoms with E-state index in [2.05, 4.69) is 10.1 Å². The van der Waals surface area contributed by atoms with Crippen LogP contribution in [0.1, 0.15) is 21.5 Å². The zero-order valence-corrected chi connectivity index (χ0v) is 14.3. The summed E-state index contributed by atoms with van der Waals surface area (Å²) in [5.41, 5.74) is 1.56. The molecule has 1 aromatic heterocycles. The first kappa shape index (κ1) is 17.8. The second-order valence-electron chi connectivity index (χ2n) is 5.77. The van der Waals surface area contributed by atoms with Gasteiger partial charge in [-0.3, -0.25) is 14.9 Å². The van der Waals surface area contributed by atoms with Gasteiger partial charge < -0.3 is 4.90 Å². The van der Waals surface area contributed by atoms with Crippen LogP contribution in [-0.2, 0) is 6.54 Å². The maximum Gasteiger partial charge on any atom is 0.295 e. The van der Waals surface area contributed by atoms with Crippen LogP contribution < -0.4 is 0 Å². The first-order valence-corrected chi connectivity index (χ1v) is 7.87. The van der Waals surface area contributed by atoms with Crippen molar-refractivity contribution in [2.45, 2.75) is 6.54 Å². The molecule has 0 fully saturated rings. The Kier molecular flexibility index (Phi) is 4.90. The Morgan fingerprint density at radius 2 is 2.04 bits per heavy atom. The zero-order chi connectivity index (χ0) is 19.4. The highest BCUT2D eigenvalue weighted by molar-refractivity contribution is 5.95. The van der Waals surface area contributed by atoms with Gasteiger partial charge in [0.25, 0.3) is 11.6 Å². The molecule has 0 aliphatic carbocycles. The Morgan fingerprint density at radius 3 is 2.63 bits per heavy atom. The molecular weight excluding hydrogens is 348 g/mol. The number of nitro groups is 1. The molecule has 0 radical (unpaired) electrons. The predicted molar refractivity (Wildman–Crippen MR) is 95.0 cm³/mol. The van der Waals surface area contributed by atoms with Crippen molar-refractivity contribution in [2.24, 2.45) is 0 Å². The quantitative estimate of drug-likeness (QED) is 0.508. The number of nitrogens with zero attached hydrogens (tertiary/aromatic N) is 6. The van der Waals surface area contributed by atoms with Crippen LogP contribution in [0.15, 0.2) is 55.1 Å². The normalized spacial score (nSPS) is 10.2. The Bertz CT molecular complexity index is 1020. The lowest BCUT2D eigenvalue weighted by atomic mass is 10.1. The van der Waals surface area contributed by atoms with Gasteiger partial charge in [0.2, 0.25) is 0 Å². The van der Waals surface area contributed by atoms with Gasteiger partial charge in [0.05, 0.1) is 16.6 Å². The maximum absolute atomic E-state index is 12.7. The number of rotatable bonds is 5. The van der Waals surface area contributed by atoms with Crippen LogP contribution in [0.5, 0.6) is 0 Å². The molecular formula is C18H14N6O3. The molecule has 0 atom stereocenters. The van der Waals surface area contributed by atoms with Crippen LogP contribution in [0.25, 0.3) is 5.69 Å². The largest absolute Gasteiger partial charge is 0.337 e. The smallest absolute Gasteiger partial charge is 0.295 e. The lowest BCUT2D eigenvalue weighted by molar-refractivity contribution is -0.384. The number of benzene rings is 2. The molecule has 9 nitrogen and oxygen atoms in total. The molecule has 0 aliphatic rings. The average molecular weight is 362 g/mol. The topological polar surface area (TPSA) is 118 Å². The van der Waals surface area contributed by atoms with E-state index in [0.29, 0.717) is 12.1 Å². The highest BCUT2D eigenvalue weighted by Crippen LogP contribution is 2.24. The summed E-state index contributed by atoms with van der Waals surface area (Å²) >= 11 is 0. The van der Waals surface area contributed by atoms with Gasteiger partial charge in [0, 0.05) is 25.2 Å². The number of aromatic nitrogens is 3. The van der Waals surface area contributed by atoms with E-state index in [1.165, 1.54) is 40.4 Å². The molecule has 27 heavy (non-hydrogen) atoms. The van der Waals surface area contributed by atoms with E-state index in [0.717, 1.165) is 5.56 Å². The minimum absolute atomic E-state index is 0.196. The maximum atomic E-state index is 12.7. The van der Waals surface area contributed by atoms with Crippen LogP contribution in [0, 0.1) is 21.4 Å². The molecule has 1 amide bonds. The molecule has 0 bridgehead atoms. The predicted octanol–water partition coefficient (Wildman–Crippen LogP) is 2.32. The third-order valence-electron chi connectivity index (χ3n) is 3.93. The number of hydrogen-bond donors (Lipinski definition) is 0. The zero-order valence-electron chi connectivity index (χ0n) is 14.3. The molecule has 0 saturated carbocycles. The van der Waals surface area contributed by atoms with Crippen LogP contribution in [0.4, 0.5) is 5.69 Å². The van der Waals surface area contributed by atoms with E-state index >= 15 is 0 Å². The lowest BCUT2D eigenvalue weighted by Gasteiger charge is -2.17. The van der Waals surface area contributed by atoms with E-state index in [1.807, 2.05) is 6.07 Å². The number of carbonyl (C=O) groups is 1. The third kappa shape index (κ3) is 3.80. The van der Waals surface area contributed by atoms with Gasteiger partial charge in [-0.05, 0) is 29.8 Å². The number of amides is 1. The van der Waals surface area contributed by atoms with E-state index in [4.69, 9.17) is 5.26 Å². The van der Waals surface area contributed by atoms with Gasteiger partial charge in [-0.2, -0.15) is 10.4 Å². The van der Waals surface area contributed by atoms with Crippen LogP contribution in [0.2, 0.25) is 0 Å². The molecule has 0 saturated heterocycles. The average Bonchev–Trinajstić information content (AvgIpc) is 3.22. The van der Waals surface area contributed by atoms with Gasteiger partial charge in [-0.1, -0.05) is 12.1 Å². The summed E-state index contributed by atoms with van der Waals surface area (Å²) < 4.78 is 1.27. The summed E-state index contributed by atoms with van der Waals surface area (Å²) in [6.07, 6.45) is 2.62. The summed E-state index contributed by atoms with van der Waals surface area (Å²) in [5.74, 6) is -0.354.